The molecular weight excluding hydrogens is 332 g/mol. The van der Waals surface area contributed by atoms with Gasteiger partial charge in [0.1, 0.15) is 0 Å². The third kappa shape index (κ3) is 3.30. The monoisotopic (exact) mass is 358 g/mol. The lowest BCUT2D eigenvalue weighted by Crippen LogP contribution is -2.49. The van der Waals surface area contributed by atoms with E-state index in [4.69, 9.17) is 0 Å². The topological polar surface area (TPSA) is 88.3 Å². The van der Waals surface area contributed by atoms with E-state index in [-0.39, 0.29) is 23.9 Å². The Hall–Kier alpha value is -2.44. The van der Waals surface area contributed by atoms with Crippen LogP contribution in [0.4, 0.5) is 0 Å². The Morgan fingerprint density at radius 1 is 1.35 bits per heavy atom. The minimum Gasteiger partial charge on any atom is -0.481 e. The standard InChI is InChI=1S/C19H26N4O3/c1-11(2)23-16-15(8-20-23)14(6-12(3)21-16)17(24)22-9-13(18(25)26)7-19(4,5)10-22/h6,8,11,13H,7,9-10H2,1-5H3,(H,25,26). The van der Waals surface area contributed by atoms with Crippen LogP contribution in [0.3, 0.4) is 0 Å². The van der Waals surface area contributed by atoms with Crippen LogP contribution in [-0.2, 0) is 4.79 Å². The fourth-order valence-electron chi connectivity index (χ4n) is 3.83. The van der Waals surface area contributed by atoms with Gasteiger partial charge in [-0.3, -0.25) is 9.59 Å². The summed E-state index contributed by atoms with van der Waals surface area (Å²) in [4.78, 5) is 31.0. The van der Waals surface area contributed by atoms with E-state index in [2.05, 4.69) is 10.1 Å². The van der Waals surface area contributed by atoms with Gasteiger partial charge in [0.15, 0.2) is 5.65 Å². The average molecular weight is 358 g/mol. The number of fused-ring (bicyclic) bond motifs is 1. The molecule has 3 heterocycles. The Balaban J connectivity index is 2.03. The number of likely N-dealkylation sites (tertiary alicyclic amines) is 1. The quantitative estimate of drug-likeness (QED) is 0.911. The molecule has 1 N–H and O–H groups in total. The molecule has 1 atom stereocenters. The number of carbonyl (C=O) groups is 2. The number of hydrogen-bond acceptors (Lipinski definition) is 4. The van der Waals surface area contributed by atoms with Crippen LogP contribution in [0.1, 0.15) is 56.2 Å². The lowest BCUT2D eigenvalue weighted by Gasteiger charge is -2.41. The number of carboxylic acid groups (broad SMARTS) is 1. The van der Waals surface area contributed by atoms with Gasteiger partial charge in [-0.15, -0.1) is 0 Å². The van der Waals surface area contributed by atoms with E-state index in [0.717, 1.165) is 5.69 Å². The van der Waals surface area contributed by atoms with Gasteiger partial charge >= 0.3 is 5.97 Å². The van der Waals surface area contributed by atoms with Crippen molar-refractivity contribution < 1.29 is 14.7 Å². The van der Waals surface area contributed by atoms with Crippen LogP contribution in [-0.4, -0.2) is 49.7 Å². The van der Waals surface area contributed by atoms with Gasteiger partial charge in [-0.05, 0) is 38.7 Å². The molecule has 2 aromatic rings. The molecule has 1 aliphatic rings. The number of rotatable bonds is 3. The molecule has 0 bridgehead atoms. The smallest absolute Gasteiger partial charge is 0.308 e. The Labute approximate surface area is 153 Å². The summed E-state index contributed by atoms with van der Waals surface area (Å²) >= 11 is 0. The molecule has 0 aromatic carbocycles. The van der Waals surface area contributed by atoms with Gasteiger partial charge < -0.3 is 10.0 Å². The van der Waals surface area contributed by atoms with Crippen molar-refractivity contribution in [3.63, 3.8) is 0 Å². The van der Waals surface area contributed by atoms with Gasteiger partial charge in [0.25, 0.3) is 5.91 Å². The Morgan fingerprint density at radius 3 is 2.65 bits per heavy atom. The molecule has 7 heteroatoms. The highest BCUT2D eigenvalue weighted by atomic mass is 16.4. The highest BCUT2D eigenvalue weighted by Crippen LogP contribution is 2.34. The second-order valence-electron chi connectivity index (χ2n) is 8.32. The largest absolute Gasteiger partial charge is 0.481 e. The number of carboxylic acids is 1. The first-order valence-corrected chi connectivity index (χ1v) is 8.96. The zero-order valence-corrected chi connectivity index (χ0v) is 16.0. The van der Waals surface area contributed by atoms with Crippen LogP contribution in [0.2, 0.25) is 0 Å². The molecule has 7 nitrogen and oxygen atoms in total. The molecule has 0 saturated carbocycles. The van der Waals surface area contributed by atoms with Gasteiger partial charge in [0.2, 0.25) is 0 Å². The zero-order valence-electron chi connectivity index (χ0n) is 16.0. The summed E-state index contributed by atoms with van der Waals surface area (Å²) in [6.07, 6.45) is 2.25. The second-order valence-corrected chi connectivity index (χ2v) is 8.32. The molecule has 0 spiro atoms. The highest BCUT2D eigenvalue weighted by molar-refractivity contribution is 6.05. The number of amides is 1. The first-order chi connectivity index (χ1) is 12.1. The number of nitrogens with zero attached hydrogens (tertiary/aromatic N) is 4. The molecule has 0 radical (unpaired) electrons. The second kappa shape index (κ2) is 6.37. The molecule has 1 amide bonds. The van der Waals surface area contributed by atoms with Crippen molar-refractivity contribution in [2.45, 2.75) is 47.1 Å². The molecule has 0 aliphatic carbocycles. The Morgan fingerprint density at radius 2 is 2.04 bits per heavy atom. The van der Waals surface area contributed by atoms with E-state index in [9.17, 15) is 14.7 Å². The van der Waals surface area contributed by atoms with Crippen LogP contribution in [0.25, 0.3) is 11.0 Å². The minimum absolute atomic E-state index is 0.134. The average Bonchev–Trinajstić information content (AvgIpc) is 2.95. The summed E-state index contributed by atoms with van der Waals surface area (Å²) in [6, 6.07) is 1.91. The summed E-state index contributed by atoms with van der Waals surface area (Å²) in [5, 5.41) is 14.6. The van der Waals surface area contributed by atoms with Crippen LogP contribution in [0.5, 0.6) is 0 Å². The number of hydrogen-bond donors (Lipinski definition) is 1. The number of aromatic nitrogens is 3. The van der Waals surface area contributed by atoms with Crippen molar-refractivity contribution in [3.8, 4) is 0 Å². The minimum atomic E-state index is -0.848. The predicted molar refractivity (Wildman–Crippen MR) is 98.1 cm³/mol. The van der Waals surface area contributed by atoms with E-state index in [1.165, 1.54) is 0 Å². The van der Waals surface area contributed by atoms with Crippen molar-refractivity contribution in [1.82, 2.24) is 19.7 Å². The molecule has 140 valence electrons. The summed E-state index contributed by atoms with van der Waals surface area (Å²) in [6.45, 7) is 10.7. The third-order valence-corrected chi connectivity index (χ3v) is 4.91. The molecule has 1 unspecified atom stereocenters. The molecule has 1 fully saturated rings. The first-order valence-electron chi connectivity index (χ1n) is 8.96. The van der Waals surface area contributed by atoms with Crippen molar-refractivity contribution in [2.75, 3.05) is 13.1 Å². The van der Waals surface area contributed by atoms with Gasteiger partial charge in [-0.25, -0.2) is 9.67 Å². The van der Waals surface area contributed by atoms with E-state index >= 15 is 0 Å². The van der Waals surface area contributed by atoms with Crippen molar-refractivity contribution in [3.05, 3.63) is 23.5 Å². The summed E-state index contributed by atoms with van der Waals surface area (Å²) < 4.78 is 1.80. The number of pyridine rings is 1. The molecule has 26 heavy (non-hydrogen) atoms. The Kier molecular flexibility index (Phi) is 4.50. The van der Waals surface area contributed by atoms with Crippen molar-refractivity contribution >= 4 is 22.9 Å². The summed E-state index contributed by atoms with van der Waals surface area (Å²) in [5.74, 6) is -1.54. The molecule has 2 aromatic heterocycles. The molecule has 3 rings (SSSR count). The molecular formula is C19H26N4O3. The first kappa shape index (κ1) is 18.4. The maximum atomic E-state index is 13.3. The van der Waals surface area contributed by atoms with Gasteiger partial charge in [-0.1, -0.05) is 13.8 Å². The lowest BCUT2D eigenvalue weighted by molar-refractivity contribution is -0.145. The van der Waals surface area contributed by atoms with E-state index in [1.807, 2.05) is 34.6 Å². The third-order valence-electron chi connectivity index (χ3n) is 4.91. The maximum absolute atomic E-state index is 13.3. The van der Waals surface area contributed by atoms with Crippen molar-refractivity contribution in [1.29, 1.82) is 0 Å². The van der Waals surface area contributed by atoms with E-state index < -0.39 is 11.9 Å². The van der Waals surface area contributed by atoms with Crippen molar-refractivity contribution in [2.24, 2.45) is 11.3 Å². The fraction of sp³-hybridized carbons (Fsp3) is 0.579. The molecule has 1 saturated heterocycles. The van der Waals surface area contributed by atoms with Crippen LogP contribution in [0.15, 0.2) is 12.3 Å². The fourth-order valence-corrected chi connectivity index (χ4v) is 3.83. The summed E-state index contributed by atoms with van der Waals surface area (Å²) in [7, 11) is 0. The number of aliphatic carboxylic acids is 1. The maximum Gasteiger partial charge on any atom is 0.308 e. The highest BCUT2D eigenvalue weighted by Gasteiger charge is 2.38. The van der Waals surface area contributed by atoms with E-state index in [0.29, 0.717) is 29.6 Å². The number of carbonyl (C=O) groups excluding carboxylic acids is 1. The summed E-state index contributed by atoms with van der Waals surface area (Å²) in [5.41, 5.74) is 1.74. The van der Waals surface area contributed by atoms with Crippen LogP contribution in [0, 0.1) is 18.3 Å². The van der Waals surface area contributed by atoms with Crippen LogP contribution >= 0.6 is 0 Å². The Bertz CT molecular complexity index is 869. The van der Waals surface area contributed by atoms with Crippen LogP contribution < -0.4 is 0 Å². The lowest BCUT2D eigenvalue weighted by atomic mass is 9.78. The van der Waals surface area contributed by atoms with E-state index in [1.54, 1.807) is 21.8 Å². The molecule has 1 aliphatic heterocycles. The zero-order chi connectivity index (χ0) is 19.2. The van der Waals surface area contributed by atoms with Gasteiger partial charge in [0.05, 0.1) is 23.1 Å². The van der Waals surface area contributed by atoms with Gasteiger partial charge in [0, 0.05) is 24.8 Å². The normalized spacial score (nSPS) is 19.9. The number of piperidine rings is 1. The predicted octanol–water partition coefficient (Wildman–Crippen LogP) is 2.89. The SMILES string of the molecule is Cc1cc(C(=O)N2CC(C(=O)O)CC(C)(C)C2)c2cnn(C(C)C)c2n1. The van der Waals surface area contributed by atoms with Gasteiger partial charge in [-0.2, -0.15) is 5.10 Å². The number of aryl methyl sites for hydroxylation is 1.